The van der Waals surface area contributed by atoms with Crippen LogP contribution in [-0.2, 0) is 24.4 Å². The minimum atomic E-state index is -4.66. The smallest absolute Gasteiger partial charge is 0.297 e. The van der Waals surface area contributed by atoms with Gasteiger partial charge in [0.15, 0.2) is 5.78 Å². The van der Waals surface area contributed by atoms with Crippen LogP contribution in [0.4, 0.5) is 5.69 Å². The number of hydrogen-bond donors (Lipinski definition) is 2. The third kappa shape index (κ3) is 6.12. The van der Waals surface area contributed by atoms with Crippen molar-refractivity contribution in [1.29, 1.82) is 0 Å². The second kappa shape index (κ2) is 8.68. The Morgan fingerprint density at radius 1 is 1.00 bits per heavy atom. The number of carbonyl (C=O) groups excluding carboxylic acids is 2. The van der Waals surface area contributed by atoms with Crippen molar-refractivity contribution in [3.8, 4) is 0 Å². The van der Waals surface area contributed by atoms with Gasteiger partial charge in [0.05, 0.1) is 17.4 Å². The summed E-state index contributed by atoms with van der Waals surface area (Å²) in [5.41, 5.74) is -1.52. The zero-order chi connectivity index (χ0) is 23.8. The van der Waals surface area contributed by atoms with Crippen LogP contribution >= 0.6 is 0 Å². The van der Waals surface area contributed by atoms with Gasteiger partial charge in [-0.25, -0.2) is 0 Å². The molecule has 0 saturated carbocycles. The third-order valence-corrected chi connectivity index (χ3v) is 5.66. The number of nitrogens with one attached hydrogen (secondary N) is 1. The monoisotopic (exact) mass is 449 g/mol. The second-order valence-corrected chi connectivity index (χ2v) is 11.0. The van der Waals surface area contributed by atoms with Crippen molar-refractivity contribution >= 4 is 38.3 Å². The Hall–Kier alpha value is -2.29. The summed E-state index contributed by atoms with van der Waals surface area (Å²) in [5.74, 6) is -2.22. The van der Waals surface area contributed by atoms with E-state index in [1.165, 1.54) is 12.1 Å². The largest absolute Gasteiger partial charge is 0.372 e. The summed E-state index contributed by atoms with van der Waals surface area (Å²) >= 11 is 0. The van der Waals surface area contributed by atoms with E-state index < -0.39 is 44.0 Å². The lowest BCUT2D eigenvalue weighted by atomic mass is 9.80. The number of fused-ring (bicyclic) bond motifs is 1. The molecule has 2 rings (SSSR count). The molecule has 0 heterocycles. The maximum absolute atomic E-state index is 13.3. The predicted molar refractivity (Wildman–Crippen MR) is 121 cm³/mol. The summed E-state index contributed by atoms with van der Waals surface area (Å²) in [5, 5.41) is 3.40. The standard InChI is InChI=1S/C23H31NO6S/c1-14(30-23(5,6)7)18(20(25)22(2,3)4)21(26)24-17-13-12-15-10-8-9-11-16(15)19(17)31(27,28)29/h8-14,18H,1-7H3,(H,24,26)(H,27,28,29). The van der Waals surface area contributed by atoms with Crippen LogP contribution in [0.2, 0.25) is 0 Å². The molecule has 170 valence electrons. The lowest BCUT2D eigenvalue weighted by molar-refractivity contribution is -0.148. The highest BCUT2D eigenvalue weighted by molar-refractivity contribution is 7.86. The number of benzene rings is 2. The molecule has 31 heavy (non-hydrogen) atoms. The van der Waals surface area contributed by atoms with E-state index in [9.17, 15) is 22.6 Å². The first kappa shape index (κ1) is 25.0. The molecule has 0 bridgehead atoms. The molecule has 2 aromatic carbocycles. The highest BCUT2D eigenvalue weighted by atomic mass is 32.2. The Kier molecular flexibility index (Phi) is 7.00. The number of ketones is 1. The molecular formula is C23H31NO6S. The molecule has 8 heteroatoms. The normalized spacial score (nSPS) is 14.8. The Morgan fingerprint density at radius 2 is 1.58 bits per heavy atom. The van der Waals surface area contributed by atoms with Gasteiger partial charge < -0.3 is 10.1 Å². The predicted octanol–water partition coefficient (Wildman–Crippen LogP) is 4.46. The third-order valence-electron chi connectivity index (χ3n) is 4.71. The summed E-state index contributed by atoms with van der Waals surface area (Å²) in [6, 6.07) is 9.64. The number of anilines is 1. The van der Waals surface area contributed by atoms with Crippen LogP contribution in [0.3, 0.4) is 0 Å². The first-order valence-electron chi connectivity index (χ1n) is 10.0. The molecule has 2 aromatic rings. The molecule has 0 aliphatic carbocycles. The number of Topliss-reactive ketones (excluding diaryl/α,β-unsaturated/α-hetero) is 1. The molecule has 0 fully saturated rings. The van der Waals surface area contributed by atoms with Crippen molar-refractivity contribution in [2.75, 3.05) is 5.32 Å². The molecule has 0 spiro atoms. The van der Waals surface area contributed by atoms with Crippen molar-refractivity contribution in [2.24, 2.45) is 11.3 Å². The SMILES string of the molecule is CC(OC(C)(C)C)C(C(=O)Nc1ccc2ccccc2c1S(=O)(=O)O)C(=O)C(C)(C)C. The molecule has 0 aliphatic rings. The Morgan fingerprint density at radius 3 is 2.10 bits per heavy atom. The summed E-state index contributed by atoms with van der Waals surface area (Å²) in [6.45, 7) is 12.2. The average molecular weight is 450 g/mol. The van der Waals surface area contributed by atoms with Gasteiger partial charge >= 0.3 is 0 Å². The van der Waals surface area contributed by atoms with Crippen LogP contribution in [0, 0.1) is 11.3 Å². The Bertz CT molecular complexity index is 1090. The van der Waals surface area contributed by atoms with E-state index in [4.69, 9.17) is 4.74 Å². The van der Waals surface area contributed by atoms with Crippen LogP contribution in [-0.4, -0.2) is 36.4 Å². The van der Waals surface area contributed by atoms with Crippen molar-refractivity contribution in [3.05, 3.63) is 36.4 Å². The summed E-state index contributed by atoms with van der Waals surface area (Å²) in [7, 11) is -4.66. The number of amides is 1. The number of rotatable bonds is 6. The fourth-order valence-corrected chi connectivity index (χ4v) is 4.33. The zero-order valence-corrected chi connectivity index (χ0v) is 19.8. The topological polar surface area (TPSA) is 110 Å². The van der Waals surface area contributed by atoms with Gasteiger partial charge in [0.25, 0.3) is 10.1 Å². The van der Waals surface area contributed by atoms with E-state index in [-0.39, 0.29) is 16.9 Å². The fraction of sp³-hybridized carbons (Fsp3) is 0.478. The van der Waals surface area contributed by atoms with E-state index in [1.807, 2.05) is 20.8 Å². The van der Waals surface area contributed by atoms with Gasteiger partial charge in [-0.15, -0.1) is 0 Å². The summed E-state index contributed by atoms with van der Waals surface area (Å²) in [6.07, 6.45) is -0.763. The van der Waals surface area contributed by atoms with Crippen molar-refractivity contribution < 1.29 is 27.3 Å². The van der Waals surface area contributed by atoms with E-state index in [2.05, 4.69) is 5.32 Å². The van der Waals surface area contributed by atoms with Gasteiger partial charge in [-0.1, -0.05) is 51.1 Å². The summed E-state index contributed by atoms with van der Waals surface area (Å²) in [4.78, 5) is 26.0. The maximum atomic E-state index is 13.3. The van der Waals surface area contributed by atoms with Gasteiger partial charge in [-0.05, 0) is 39.1 Å². The van der Waals surface area contributed by atoms with E-state index in [0.29, 0.717) is 5.39 Å². The van der Waals surface area contributed by atoms with E-state index in [1.54, 1.807) is 52.0 Å². The van der Waals surface area contributed by atoms with E-state index >= 15 is 0 Å². The summed E-state index contributed by atoms with van der Waals surface area (Å²) < 4.78 is 40.0. The first-order chi connectivity index (χ1) is 14.0. The minimum Gasteiger partial charge on any atom is -0.372 e. The number of hydrogen-bond acceptors (Lipinski definition) is 5. The molecule has 1 amide bonds. The van der Waals surface area contributed by atoms with Gasteiger partial charge in [0.1, 0.15) is 10.8 Å². The molecule has 0 aliphatic heterocycles. The van der Waals surface area contributed by atoms with Crippen LogP contribution in [0.15, 0.2) is 41.3 Å². The first-order valence-corrected chi connectivity index (χ1v) is 11.5. The van der Waals surface area contributed by atoms with E-state index in [0.717, 1.165) is 0 Å². The van der Waals surface area contributed by atoms with Crippen molar-refractivity contribution in [1.82, 2.24) is 0 Å². The Balaban J connectivity index is 2.55. The van der Waals surface area contributed by atoms with Gasteiger partial charge in [-0.3, -0.25) is 14.1 Å². The molecule has 2 atom stereocenters. The second-order valence-electron chi connectivity index (χ2n) is 9.65. The Labute approximate surface area is 183 Å². The zero-order valence-electron chi connectivity index (χ0n) is 19.0. The molecule has 2 unspecified atom stereocenters. The highest BCUT2D eigenvalue weighted by Gasteiger charge is 2.40. The quantitative estimate of drug-likeness (QED) is 0.498. The van der Waals surface area contributed by atoms with Crippen molar-refractivity contribution in [2.45, 2.75) is 65.1 Å². The van der Waals surface area contributed by atoms with Crippen molar-refractivity contribution in [3.63, 3.8) is 0 Å². The van der Waals surface area contributed by atoms with Gasteiger partial charge in [0.2, 0.25) is 5.91 Å². The molecule has 7 nitrogen and oxygen atoms in total. The molecular weight excluding hydrogens is 418 g/mol. The van der Waals surface area contributed by atoms with Crippen LogP contribution in [0.25, 0.3) is 10.8 Å². The van der Waals surface area contributed by atoms with Gasteiger partial charge in [-0.2, -0.15) is 8.42 Å². The maximum Gasteiger partial charge on any atom is 0.297 e. The fourth-order valence-electron chi connectivity index (χ4n) is 3.47. The average Bonchev–Trinajstić information content (AvgIpc) is 2.58. The number of carbonyl (C=O) groups is 2. The van der Waals surface area contributed by atoms with Crippen LogP contribution in [0.5, 0.6) is 0 Å². The van der Waals surface area contributed by atoms with Crippen LogP contribution in [0.1, 0.15) is 48.5 Å². The number of ether oxygens (including phenoxy) is 1. The molecule has 2 N–H and O–H groups in total. The lowest BCUT2D eigenvalue weighted by Gasteiger charge is -2.32. The molecule has 0 radical (unpaired) electrons. The van der Waals surface area contributed by atoms with Gasteiger partial charge in [0, 0.05) is 10.8 Å². The lowest BCUT2D eigenvalue weighted by Crippen LogP contribution is -2.45. The molecule has 0 aromatic heterocycles. The molecule has 0 saturated heterocycles. The highest BCUT2D eigenvalue weighted by Crippen LogP contribution is 2.32. The van der Waals surface area contributed by atoms with Crippen LogP contribution < -0.4 is 5.32 Å². The minimum absolute atomic E-state index is 0.0964.